The van der Waals surface area contributed by atoms with Crippen LogP contribution in [0.5, 0.6) is 0 Å². The van der Waals surface area contributed by atoms with Gasteiger partial charge in [-0.2, -0.15) is 4.31 Å². The van der Waals surface area contributed by atoms with Crippen molar-refractivity contribution >= 4 is 56.6 Å². The largest absolute Gasteiger partial charge is 0.357 e. The molecule has 0 aliphatic carbocycles. The smallest absolute Gasteiger partial charge is 0.243 e. The van der Waals surface area contributed by atoms with Crippen LogP contribution in [0.25, 0.3) is 0 Å². The van der Waals surface area contributed by atoms with Crippen LogP contribution in [-0.2, 0) is 32.6 Å². The number of likely N-dealkylation sites (N-methyl/N-ethyl adjacent to an activating group) is 2. The van der Waals surface area contributed by atoms with Crippen LogP contribution in [0.3, 0.4) is 0 Å². The maximum atomic E-state index is 13.7. The van der Waals surface area contributed by atoms with E-state index in [4.69, 9.17) is 34.8 Å². The van der Waals surface area contributed by atoms with Gasteiger partial charge in [-0.05, 0) is 47.5 Å². The van der Waals surface area contributed by atoms with Crippen LogP contribution in [-0.4, -0.2) is 56.1 Å². The summed E-state index contributed by atoms with van der Waals surface area (Å²) < 4.78 is 27.1. The number of carbonyl (C=O) groups excluding carboxylic acids is 2. The van der Waals surface area contributed by atoms with Gasteiger partial charge in [-0.1, -0.05) is 71.2 Å². The van der Waals surface area contributed by atoms with Gasteiger partial charge < -0.3 is 10.2 Å². The van der Waals surface area contributed by atoms with Gasteiger partial charge in [-0.3, -0.25) is 9.59 Å². The lowest BCUT2D eigenvalue weighted by Gasteiger charge is -2.32. The lowest BCUT2D eigenvalue weighted by Crippen LogP contribution is -2.52. The molecule has 7 nitrogen and oxygen atoms in total. The summed E-state index contributed by atoms with van der Waals surface area (Å²) in [5.74, 6) is -0.971. The highest BCUT2D eigenvalue weighted by atomic mass is 35.5. The zero-order valence-electron chi connectivity index (χ0n) is 20.2. The molecule has 1 N–H and O–H groups in total. The molecule has 3 aromatic rings. The Labute approximate surface area is 232 Å². The van der Waals surface area contributed by atoms with E-state index >= 15 is 0 Å². The molecule has 2 amide bonds. The van der Waals surface area contributed by atoms with Crippen molar-refractivity contribution in [2.45, 2.75) is 23.9 Å². The molecular formula is C26H26Cl3N3O4S. The summed E-state index contributed by atoms with van der Waals surface area (Å²) in [6, 6.07) is 18.8. The zero-order chi connectivity index (χ0) is 27.2. The molecule has 0 heterocycles. The monoisotopic (exact) mass is 581 g/mol. The van der Waals surface area contributed by atoms with Crippen LogP contribution >= 0.6 is 34.8 Å². The lowest BCUT2D eigenvalue weighted by molar-refractivity contribution is -0.141. The number of halogens is 3. The molecule has 0 aliphatic rings. The predicted molar refractivity (Wildman–Crippen MR) is 146 cm³/mol. The van der Waals surface area contributed by atoms with Crippen LogP contribution < -0.4 is 5.32 Å². The van der Waals surface area contributed by atoms with Crippen molar-refractivity contribution in [1.82, 2.24) is 14.5 Å². The highest BCUT2D eigenvalue weighted by Crippen LogP contribution is 2.25. The highest BCUT2D eigenvalue weighted by molar-refractivity contribution is 7.89. The van der Waals surface area contributed by atoms with E-state index in [1.165, 1.54) is 43.3 Å². The quantitative estimate of drug-likeness (QED) is 0.377. The molecule has 3 rings (SSSR count). The van der Waals surface area contributed by atoms with E-state index in [1.807, 2.05) is 30.3 Å². The van der Waals surface area contributed by atoms with Crippen LogP contribution in [0, 0.1) is 0 Å². The summed E-state index contributed by atoms with van der Waals surface area (Å²) in [5.41, 5.74) is 1.39. The van der Waals surface area contributed by atoms with Gasteiger partial charge in [0.1, 0.15) is 6.04 Å². The molecule has 0 unspecified atom stereocenters. The van der Waals surface area contributed by atoms with Crippen LogP contribution in [0.2, 0.25) is 15.1 Å². The Kier molecular flexibility index (Phi) is 9.98. The molecule has 0 radical (unpaired) electrons. The van der Waals surface area contributed by atoms with Crippen LogP contribution in [0.4, 0.5) is 0 Å². The third-order valence-electron chi connectivity index (χ3n) is 5.75. The van der Waals surface area contributed by atoms with E-state index in [-0.39, 0.29) is 17.9 Å². The third kappa shape index (κ3) is 7.46. The molecule has 0 saturated heterocycles. The van der Waals surface area contributed by atoms with Gasteiger partial charge in [-0.25, -0.2) is 8.42 Å². The summed E-state index contributed by atoms with van der Waals surface area (Å²) in [5, 5.41) is 3.75. The van der Waals surface area contributed by atoms with Crippen LogP contribution in [0.1, 0.15) is 11.1 Å². The Morgan fingerprint density at radius 1 is 0.919 bits per heavy atom. The van der Waals surface area contributed by atoms with Crippen molar-refractivity contribution in [2.24, 2.45) is 0 Å². The second-order valence-corrected chi connectivity index (χ2v) is 11.6. The van der Waals surface area contributed by atoms with Crippen molar-refractivity contribution in [2.75, 3.05) is 20.6 Å². The number of hydrogen-bond acceptors (Lipinski definition) is 4. The predicted octanol–water partition coefficient (Wildman–Crippen LogP) is 4.65. The average molecular weight is 583 g/mol. The van der Waals surface area contributed by atoms with E-state index in [0.29, 0.717) is 20.6 Å². The van der Waals surface area contributed by atoms with Gasteiger partial charge in [0.25, 0.3) is 0 Å². The molecule has 196 valence electrons. The first-order chi connectivity index (χ1) is 17.5. The van der Waals surface area contributed by atoms with Crippen LogP contribution in [0.15, 0.2) is 77.7 Å². The average Bonchev–Trinajstić information content (AvgIpc) is 2.87. The van der Waals surface area contributed by atoms with Gasteiger partial charge in [0.15, 0.2) is 0 Å². The number of nitrogens with one attached hydrogen (secondary N) is 1. The first kappa shape index (κ1) is 28.9. The Morgan fingerprint density at radius 3 is 2.14 bits per heavy atom. The number of carbonyl (C=O) groups is 2. The fourth-order valence-corrected chi connectivity index (χ4v) is 5.42. The minimum absolute atomic E-state index is 0.00775. The van der Waals surface area contributed by atoms with Gasteiger partial charge >= 0.3 is 0 Å². The molecule has 0 spiro atoms. The van der Waals surface area contributed by atoms with E-state index in [2.05, 4.69) is 5.32 Å². The zero-order valence-corrected chi connectivity index (χ0v) is 23.3. The van der Waals surface area contributed by atoms with Gasteiger partial charge in [0.2, 0.25) is 21.8 Å². The third-order valence-corrected chi connectivity index (χ3v) is 8.41. The number of rotatable bonds is 10. The first-order valence-electron chi connectivity index (χ1n) is 11.2. The SMILES string of the molecule is CNC(=O)[C@@H](Cc1ccccc1)N(Cc1ccc(Cl)cc1Cl)C(=O)CN(C)S(=O)(=O)c1ccc(Cl)cc1. The van der Waals surface area contributed by atoms with Crippen molar-refractivity contribution in [3.8, 4) is 0 Å². The fraction of sp³-hybridized carbons (Fsp3) is 0.231. The van der Waals surface area contributed by atoms with Gasteiger partial charge in [0.05, 0.1) is 11.4 Å². The molecule has 11 heteroatoms. The Morgan fingerprint density at radius 2 is 1.54 bits per heavy atom. The molecule has 0 aromatic heterocycles. The molecule has 0 fully saturated rings. The normalized spacial score (nSPS) is 12.3. The van der Waals surface area contributed by atoms with Crippen molar-refractivity contribution < 1.29 is 18.0 Å². The Bertz CT molecular complexity index is 1350. The molecule has 0 saturated carbocycles. The molecule has 0 bridgehead atoms. The summed E-state index contributed by atoms with van der Waals surface area (Å²) in [6.07, 6.45) is 0.213. The molecule has 0 aliphatic heterocycles. The van der Waals surface area contributed by atoms with Crippen molar-refractivity contribution in [3.63, 3.8) is 0 Å². The van der Waals surface area contributed by atoms with E-state index in [0.717, 1.165) is 9.87 Å². The second-order valence-electron chi connectivity index (χ2n) is 8.29. The summed E-state index contributed by atoms with van der Waals surface area (Å²) in [4.78, 5) is 28.0. The Balaban J connectivity index is 1.96. The number of benzene rings is 3. The number of amides is 2. The molecular weight excluding hydrogens is 557 g/mol. The summed E-state index contributed by atoms with van der Waals surface area (Å²) in [6.45, 7) is -0.535. The van der Waals surface area contributed by atoms with Gasteiger partial charge in [0, 0.05) is 42.1 Å². The molecule has 37 heavy (non-hydrogen) atoms. The molecule has 3 aromatic carbocycles. The first-order valence-corrected chi connectivity index (χ1v) is 13.8. The summed E-state index contributed by atoms with van der Waals surface area (Å²) >= 11 is 18.3. The number of hydrogen-bond donors (Lipinski definition) is 1. The molecule has 1 atom stereocenters. The summed E-state index contributed by atoms with van der Waals surface area (Å²) in [7, 11) is -1.21. The van der Waals surface area contributed by atoms with Gasteiger partial charge in [-0.15, -0.1) is 0 Å². The van der Waals surface area contributed by atoms with E-state index in [1.54, 1.807) is 18.2 Å². The Hall–Kier alpha value is -2.62. The minimum atomic E-state index is -4.00. The van der Waals surface area contributed by atoms with Crippen molar-refractivity contribution in [1.29, 1.82) is 0 Å². The number of sulfonamides is 1. The second kappa shape index (κ2) is 12.8. The number of nitrogens with zero attached hydrogens (tertiary/aromatic N) is 2. The van der Waals surface area contributed by atoms with E-state index < -0.39 is 34.4 Å². The van der Waals surface area contributed by atoms with E-state index in [9.17, 15) is 18.0 Å². The maximum absolute atomic E-state index is 13.7. The van der Waals surface area contributed by atoms with Crippen molar-refractivity contribution in [3.05, 3.63) is 99.0 Å². The lowest BCUT2D eigenvalue weighted by atomic mass is 10.0. The fourth-order valence-electron chi connectivity index (χ4n) is 3.71. The highest BCUT2D eigenvalue weighted by Gasteiger charge is 2.33. The topological polar surface area (TPSA) is 86.8 Å². The standard InChI is InChI=1S/C26H26Cl3N3O4S/c1-30-26(34)24(14-18-6-4-3-5-7-18)32(16-19-8-9-21(28)15-23(19)29)25(33)17-31(2)37(35,36)22-12-10-20(27)11-13-22/h3-13,15,24H,14,16-17H2,1-2H3,(H,30,34)/t24-/m1/s1. The minimum Gasteiger partial charge on any atom is -0.357 e. The maximum Gasteiger partial charge on any atom is 0.243 e.